The molecule has 0 atom stereocenters. The highest BCUT2D eigenvalue weighted by atomic mass is 35.5. The Kier molecular flexibility index (Phi) is 4.48. The largest absolute Gasteiger partial charge is 0.507 e. The highest BCUT2D eigenvalue weighted by Gasteiger charge is 2.11. The Bertz CT molecular complexity index is 612. The monoisotopic (exact) mass is 290 g/mol. The predicted molar refractivity (Wildman–Crippen MR) is 79.8 cm³/mol. The molecule has 0 saturated carbocycles. The van der Waals surface area contributed by atoms with Gasteiger partial charge in [-0.15, -0.1) is 0 Å². The van der Waals surface area contributed by atoms with Gasteiger partial charge in [-0.05, 0) is 29.8 Å². The quantitative estimate of drug-likeness (QED) is 0.585. The zero-order chi connectivity index (χ0) is 14.5. The van der Waals surface area contributed by atoms with E-state index in [-0.39, 0.29) is 17.1 Å². The van der Waals surface area contributed by atoms with Crippen molar-refractivity contribution in [2.24, 2.45) is 5.73 Å². The van der Waals surface area contributed by atoms with Gasteiger partial charge in [-0.2, -0.15) is 0 Å². The van der Waals surface area contributed by atoms with Crippen molar-refractivity contribution < 1.29 is 9.84 Å². The maximum Gasteiger partial charge on any atom is 0.133 e. The number of halogens is 1. The first-order chi connectivity index (χ1) is 9.58. The minimum absolute atomic E-state index is 0.0542. The van der Waals surface area contributed by atoms with E-state index in [1.807, 2.05) is 24.3 Å². The van der Waals surface area contributed by atoms with Gasteiger partial charge in [-0.25, -0.2) is 0 Å². The van der Waals surface area contributed by atoms with Gasteiger partial charge in [0.2, 0.25) is 0 Å². The zero-order valence-electron chi connectivity index (χ0n) is 10.8. The van der Waals surface area contributed by atoms with E-state index in [1.165, 1.54) is 6.07 Å². The zero-order valence-corrected chi connectivity index (χ0v) is 11.5. The second kappa shape index (κ2) is 6.30. The van der Waals surface area contributed by atoms with E-state index in [2.05, 4.69) is 0 Å². The summed E-state index contributed by atoms with van der Waals surface area (Å²) in [6.07, 6.45) is 0.699. The maximum atomic E-state index is 9.69. The Morgan fingerprint density at radius 3 is 2.55 bits per heavy atom. The van der Waals surface area contributed by atoms with E-state index in [4.69, 9.17) is 27.5 Å². The number of phenolic OH excluding ortho intramolecular Hbond substituents is 1. The van der Waals surface area contributed by atoms with Crippen LogP contribution in [0.3, 0.4) is 0 Å². The van der Waals surface area contributed by atoms with Crippen molar-refractivity contribution in [1.82, 2.24) is 0 Å². The first-order valence-electron chi connectivity index (χ1n) is 6.11. The van der Waals surface area contributed by atoms with Crippen LogP contribution >= 0.6 is 11.6 Å². The average molecular weight is 291 g/mol. The van der Waals surface area contributed by atoms with Gasteiger partial charge in [0.1, 0.15) is 17.3 Å². The lowest BCUT2D eigenvalue weighted by atomic mass is 10.1. The molecular weight excluding hydrogens is 276 g/mol. The van der Waals surface area contributed by atoms with Crippen molar-refractivity contribution in [2.45, 2.75) is 6.42 Å². The normalized spacial score (nSPS) is 10.2. The Labute approximate surface area is 122 Å². The van der Waals surface area contributed by atoms with Crippen LogP contribution in [0.5, 0.6) is 11.5 Å². The molecule has 0 aliphatic rings. The number of hydrogen-bond acceptors (Lipinski definition) is 3. The fraction of sp³-hybridized carbons (Fsp3) is 0.133. The van der Waals surface area contributed by atoms with Crippen LogP contribution in [-0.4, -0.2) is 17.5 Å². The minimum atomic E-state index is -0.218. The third kappa shape index (κ3) is 3.42. The molecule has 2 rings (SSSR count). The van der Waals surface area contributed by atoms with E-state index in [1.54, 1.807) is 12.1 Å². The average Bonchev–Trinajstić information content (AvgIpc) is 2.40. The Hall–Kier alpha value is -2.20. The van der Waals surface area contributed by atoms with Gasteiger partial charge in [-0.3, -0.25) is 5.41 Å². The van der Waals surface area contributed by atoms with Crippen LogP contribution in [0.25, 0.3) is 0 Å². The molecule has 0 aliphatic carbocycles. The fourth-order valence-electron chi connectivity index (χ4n) is 1.84. The number of phenols is 1. The SMILES string of the molecule is N=C(N)c1c(O)cccc1OCCc1ccc(Cl)cc1. The molecule has 5 heteroatoms. The van der Waals surface area contributed by atoms with Gasteiger partial charge >= 0.3 is 0 Å². The second-order valence-corrected chi connectivity index (χ2v) is 4.73. The number of benzene rings is 2. The Balaban J connectivity index is 2.02. The van der Waals surface area contributed by atoms with E-state index < -0.39 is 0 Å². The molecule has 0 spiro atoms. The summed E-state index contributed by atoms with van der Waals surface area (Å²) in [4.78, 5) is 0. The van der Waals surface area contributed by atoms with Crippen molar-refractivity contribution in [1.29, 1.82) is 5.41 Å². The van der Waals surface area contributed by atoms with Crippen LogP contribution in [0.2, 0.25) is 5.02 Å². The molecule has 0 bridgehead atoms. The second-order valence-electron chi connectivity index (χ2n) is 4.29. The van der Waals surface area contributed by atoms with Crippen LogP contribution in [0.1, 0.15) is 11.1 Å². The van der Waals surface area contributed by atoms with Gasteiger partial charge in [0.05, 0.1) is 12.2 Å². The van der Waals surface area contributed by atoms with Crippen LogP contribution in [0, 0.1) is 5.41 Å². The van der Waals surface area contributed by atoms with Crippen LogP contribution in [-0.2, 0) is 6.42 Å². The molecule has 4 N–H and O–H groups in total. The summed E-state index contributed by atoms with van der Waals surface area (Å²) < 4.78 is 5.60. The number of hydrogen-bond donors (Lipinski definition) is 3. The molecule has 0 fully saturated rings. The number of nitrogens with two attached hydrogens (primary N) is 1. The Morgan fingerprint density at radius 2 is 1.90 bits per heavy atom. The molecule has 104 valence electrons. The van der Waals surface area contributed by atoms with E-state index in [0.717, 1.165) is 5.56 Å². The summed E-state index contributed by atoms with van der Waals surface area (Å²) >= 11 is 5.82. The van der Waals surface area contributed by atoms with Gasteiger partial charge in [0.15, 0.2) is 0 Å². The van der Waals surface area contributed by atoms with Gasteiger partial charge in [0.25, 0.3) is 0 Å². The lowest BCUT2D eigenvalue weighted by Gasteiger charge is -2.11. The van der Waals surface area contributed by atoms with Gasteiger partial charge in [0, 0.05) is 11.4 Å². The fourth-order valence-corrected chi connectivity index (χ4v) is 1.97. The summed E-state index contributed by atoms with van der Waals surface area (Å²) in [7, 11) is 0. The summed E-state index contributed by atoms with van der Waals surface area (Å²) in [6, 6.07) is 12.3. The van der Waals surface area contributed by atoms with Crippen LogP contribution < -0.4 is 10.5 Å². The van der Waals surface area contributed by atoms with Gasteiger partial charge < -0.3 is 15.6 Å². The highest BCUT2D eigenvalue weighted by Crippen LogP contribution is 2.26. The van der Waals surface area contributed by atoms with Crippen LogP contribution in [0.15, 0.2) is 42.5 Å². The molecule has 20 heavy (non-hydrogen) atoms. The molecule has 2 aromatic carbocycles. The third-order valence-corrected chi connectivity index (χ3v) is 3.09. The summed E-state index contributed by atoms with van der Waals surface area (Å²) in [5.41, 5.74) is 6.77. The predicted octanol–water partition coefficient (Wildman–Crippen LogP) is 2.95. The van der Waals surface area contributed by atoms with Crippen molar-refractivity contribution in [3.63, 3.8) is 0 Å². The molecule has 4 nitrogen and oxygen atoms in total. The molecule has 2 aromatic rings. The number of rotatable bonds is 5. The summed E-state index contributed by atoms with van der Waals surface area (Å²) in [6.45, 7) is 0.422. The van der Waals surface area contributed by atoms with Crippen LogP contribution in [0.4, 0.5) is 0 Å². The standard InChI is InChI=1S/C15H15ClN2O2/c16-11-6-4-10(5-7-11)8-9-20-13-3-1-2-12(19)14(13)15(17)18/h1-7,19H,8-9H2,(H3,17,18). The molecule has 0 amide bonds. The molecule has 0 radical (unpaired) electrons. The van der Waals surface area contributed by atoms with E-state index in [0.29, 0.717) is 23.8 Å². The third-order valence-electron chi connectivity index (χ3n) is 2.84. The number of aromatic hydroxyl groups is 1. The highest BCUT2D eigenvalue weighted by molar-refractivity contribution is 6.30. The molecular formula is C15H15ClN2O2. The number of amidine groups is 1. The molecule has 0 unspecified atom stereocenters. The first-order valence-corrected chi connectivity index (χ1v) is 6.49. The number of ether oxygens (including phenoxy) is 1. The van der Waals surface area contributed by atoms with Crippen molar-refractivity contribution in [3.05, 3.63) is 58.6 Å². The number of nitrogen functional groups attached to an aromatic ring is 1. The van der Waals surface area contributed by atoms with Crippen molar-refractivity contribution >= 4 is 17.4 Å². The summed E-state index contributed by atoms with van der Waals surface area (Å²) in [5.74, 6) is 0.137. The lowest BCUT2D eigenvalue weighted by Crippen LogP contribution is -2.14. The molecule has 0 saturated heterocycles. The molecule has 0 aromatic heterocycles. The smallest absolute Gasteiger partial charge is 0.133 e. The Morgan fingerprint density at radius 1 is 1.20 bits per heavy atom. The maximum absolute atomic E-state index is 9.69. The molecule has 0 heterocycles. The summed E-state index contributed by atoms with van der Waals surface area (Å²) in [5, 5.41) is 17.9. The lowest BCUT2D eigenvalue weighted by molar-refractivity contribution is 0.319. The number of nitrogens with one attached hydrogen (secondary N) is 1. The molecule has 0 aliphatic heterocycles. The van der Waals surface area contributed by atoms with E-state index >= 15 is 0 Å². The first kappa shape index (κ1) is 14.2. The topological polar surface area (TPSA) is 79.3 Å². The van der Waals surface area contributed by atoms with E-state index in [9.17, 15) is 5.11 Å². The van der Waals surface area contributed by atoms with Crippen molar-refractivity contribution in [3.8, 4) is 11.5 Å². The van der Waals surface area contributed by atoms with Gasteiger partial charge in [-0.1, -0.05) is 29.8 Å². The minimum Gasteiger partial charge on any atom is -0.507 e. The van der Waals surface area contributed by atoms with Crippen molar-refractivity contribution in [2.75, 3.05) is 6.61 Å².